The standard InChI is InChI=1S/C26H27F3N8/c1-3-30-25-20-13-36(14-23(28)29)12-19(17-7-5-4-6-8-17)24(20)34-26(35-25)33-18-9-10-22(21(27)11-18)37-16(2)31-15-32-37/h4-11,15,19,23H,3,12-14H2,1-2H3,(H2,30,33,34,35). The number of aryl methyl sites for hydroxylation is 1. The number of fused-ring (bicyclic) bond motifs is 1. The Balaban J connectivity index is 1.52. The van der Waals surface area contributed by atoms with Gasteiger partial charge >= 0.3 is 0 Å². The summed E-state index contributed by atoms with van der Waals surface area (Å²) in [7, 11) is 0. The second-order valence-corrected chi connectivity index (χ2v) is 8.85. The molecule has 1 atom stereocenters. The highest BCUT2D eigenvalue weighted by atomic mass is 19.3. The summed E-state index contributed by atoms with van der Waals surface area (Å²) in [6, 6.07) is 14.4. The Morgan fingerprint density at radius 2 is 1.92 bits per heavy atom. The van der Waals surface area contributed by atoms with Crippen molar-refractivity contribution < 1.29 is 13.2 Å². The summed E-state index contributed by atoms with van der Waals surface area (Å²) in [4.78, 5) is 15.2. The molecule has 0 saturated heterocycles. The van der Waals surface area contributed by atoms with Crippen LogP contribution in [-0.4, -0.2) is 55.7 Å². The molecule has 2 N–H and O–H groups in total. The highest BCUT2D eigenvalue weighted by molar-refractivity contribution is 5.60. The van der Waals surface area contributed by atoms with Crippen LogP contribution in [0.4, 0.5) is 30.6 Å². The molecule has 0 amide bonds. The van der Waals surface area contributed by atoms with Gasteiger partial charge in [0.1, 0.15) is 23.7 Å². The van der Waals surface area contributed by atoms with E-state index in [-0.39, 0.29) is 18.2 Å². The predicted molar refractivity (Wildman–Crippen MR) is 135 cm³/mol. The Morgan fingerprint density at radius 1 is 1.11 bits per heavy atom. The van der Waals surface area contributed by atoms with Gasteiger partial charge in [-0.05, 0) is 37.6 Å². The monoisotopic (exact) mass is 508 g/mol. The van der Waals surface area contributed by atoms with Gasteiger partial charge in [0.25, 0.3) is 6.43 Å². The van der Waals surface area contributed by atoms with E-state index in [0.29, 0.717) is 42.9 Å². The van der Waals surface area contributed by atoms with E-state index in [1.54, 1.807) is 24.0 Å². The smallest absolute Gasteiger partial charge is 0.251 e. The SMILES string of the molecule is CCNc1nc(Nc2ccc(-n3ncnc3C)c(F)c2)nc2c1CN(CC(F)F)CC2c1ccccc1. The molecule has 0 saturated carbocycles. The lowest BCUT2D eigenvalue weighted by molar-refractivity contribution is 0.0788. The van der Waals surface area contributed by atoms with E-state index in [2.05, 4.69) is 25.7 Å². The normalized spacial score (nSPS) is 15.6. The quantitative estimate of drug-likeness (QED) is 0.351. The molecule has 4 aromatic rings. The minimum atomic E-state index is -2.44. The van der Waals surface area contributed by atoms with Crippen molar-refractivity contribution in [3.8, 4) is 5.69 Å². The lowest BCUT2D eigenvalue weighted by Crippen LogP contribution is -2.38. The van der Waals surface area contributed by atoms with Crippen molar-refractivity contribution in [2.24, 2.45) is 0 Å². The van der Waals surface area contributed by atoms with Crippen LogP contribution in [0, 0.1) is 12.7 Å². The molecule has 1 aliphatic rings. The number of alkyl halides is 2. The van der Waals surface area contributed by atoms with Crippen molar-refractivity contribution in [1.29, 1.82) is 0 Å². The van der Waals surface area contributed by atoms with Crippen molar-refractivity contribution in [2.75, 3.05) is 30.3 Å². The molecule has 192 valence electrons. The van der Waals surface area contributed by atoms with Crippen molar-refractivity contribution in [3.05, 3.63) is 83.3 Å². The Morgan fingerprint density at radius 3 is 2.59 bits per heavy atom. The van der Waals surface area contributed by atoms with Gasteiger partial charge in [-0.1, -0.05) is 30.3 Å². The maximum absolute atomic E-state index is 15.0. The van der Waals surface area contributed by atoms with Crippen LogP contribution in [0.2, 0.25) is 0 Å². The molecule has 5 rings (SSSR count). The van der Waals surface area contributed by atoms with Gasteiger partial charge in [-0.3, -0.25) is 4.90 Å². The van der Waals surface area contributed by atoms with Crippen LogP contribution in [0.1, 0.15) is 35.5 Å². The summed E-state index contributed by atoms with van der Waals surface area (Å²) in [5.41, 5.74) is 3.28. The molecule has 0 fully saturated rings. The zero-order valence-corrected chi connectivity index (χ0v) is 20.5. The third-order valence-corrected chi connectivity index (χ3v) is 6.28. The van der Waals surface area contributed by atoms with Crippen LogP contribution < -0.4 is 10.6 Å². The first kappa shape index (κ1) is 24.7. The Kier molecular flexibility index (Phi) is 7.04. The summed E-state index contributed by atoms with van der Waals surface area (Å²) in [6.45, 7) is 4.67. The van der Waals surface area contributed by atoms with E-state index in [1.165, 1.54) is 17.1 Å². The molecule has 2 aromatic heterocycles. The largest absolute Gasteiger partial charge is 0.370 e. The van der Waals surface area contributed by atoms with E-state index in [1.807, 2.05) is 37.3 Å². The fourth-order valence-electron chi connectivity index (χ4n) is 4.65. The predicted octanol–water partition coefficient (Wildman–Crippen LogP) is 4.89. The van der Waals surface area contributed by atoms with E-state index < -0.39 is 12.2 Å². The van der Waals surface area contributed by atoms with Gasteiger partial charge in [0.05, 0.1) is 12.2 Å². The van der Waals surface area contributed by atoms with Gasteiger partial charge in [0.15, 0.2) is 5.82 Å². The number of rotatable bonds is 8. The summed E-state index contributed by atoms with van der Waals surface area (Å²) >= 11 is 0. The maximum Gasteiger partial charge on any atom is 0.251 e. The topological polar surface area (TPSA) is 83.8 Å². The molecule has 0 bridgehead atoms. The van der Waals surface area contributed by atoms with Gasteiger partial charge in [-0.2, -0.15) is 10.1 Å². The minimum Gasteiger partial charge on any atom is -0.370 e. The van der Waals surface area contributed by atoms with E-state index in [9.17, 15) is 13.2 Å². The average molecular weight is 509 g/mol. The molecule has 11 heteroatoms. The number of nitrogens with zero attached hydrogens (tertiary/aromatic N) is 6. The number of hydrogen-bond acceptors (Lipinski definition) is 7. The van der Waals surface area contributed by atoms with Gasteiger partial charge in [-0.15, -0.1) is 0 Å². The van der Waals surface area contributed by atoms with E-state index in [4.69, 9.17) is 4.98 Å². The number of halogens is 3. The molecule has 37 heavy (non-hydrogen) atoms. The number of hydrogen-bond donors (Lipinski definition) is 2. The summed E-state index contributed by atoms with van der Waals surface area (Å²) in [6.07, 6.45) is -1.07. The second kappa shape index (κ2) is 10.6. The third kappa shape index (κ3) is 5.26. The van der Waals surface area contributed by atoms with Crippen LogP contribution >= 0.6 is 0 Å². The van der Waals surface area contributed by atoms with Crippen LogP contribution in [0.3, 0.4) is 0 Å². The van der Waals surface area contributed by atoms with E-state index >= 15 is 0 Å². The first-order valence-electron chi connectivity index (χ1n) is 12.1. The van der Waals surface area contributed by atoms with Crippen LogP contribution in [-0.2, 0) is 6.54 Å². The molecule has 0 radical (unpaired) electrons. The van der Waals surface area contributed by atoms with Crippen LogP contribution in [0.5, 0.6) is 0 Å². The van der Waals surface area contributed by atoms with Crippen LogP contribution in [0.15, 0.2) is 54.9 Å². The first-order chi connectivity index (χ1) is 17.9. The molecular formula is C26H27F3N8. The second-order valence-electron chi connectivity index (χ2n) is 8.85. The number of benzene rings is 2. The van der Waals surface area contributed by atoms with E-state index in [0.717, 1.165) is 16.8 Å². The maximum atomic E-state index is 15.0. The zero-order valence-electron chi connectivity index (χ0n) is 20.5. The first-order valence-corrected chi connectivity index (χ1v) is 12.1. The number of anilines is 3. The summed E-state index contributed by atoms with van der Waals surface area (Å²) < 4.78 is 43.0. The minimum absolute atomic E-state index is 0.223. The number of nitrogens with one attached hydrogen (secondary N) is 2. The van der Waals surface area contributed by atoms with Gasteiger partial charge in [-0.25, -0.2) is 27.8 Å². The highest BCUT2D eigenvalue weighted by Crippen LogP contribution is 2.36. The molecule has 1 unspecified atom stereocenters. The Bertz CT molecular complexity index is 1380. The zero-order chi connectivity index (χ0) is 25.9. The molecule has 8 nitrogen and oxygen atoms in total. The van der Waals surface area contributed by atoms with Crippen molar-refractivity contribution in [1.82, 2.24) is 29.6 Å². The van der Waals surface area contributed by atoms with Gasteiger partial charge in [0, 0.05) is 36.8 Å². The van der Waals surface area contributed by atoms with Crippen molar-refractivity contribution >= 4 is 17.5 Å². The number of aromatic nitrogens is 5. The molecule has 3 heterocycles. The highest BCUT2D eigenvalue weighted by Gasteiger charge is 2.32. The Hall–Kier alpha value is -3.99. The van der Waals surface area contributed by atoms with Gasteiger partial charge < -0.3 is 10.6 Å². The Labute approximate surface area is 212 Å². The van der Waals surface area contributed by atoms with Gasteiger partial charge in [0.2, 0.25) is 5.95 Å². The molecule has 0 aliphatic carbocycles. The average Bonchev–Trinajstić information content (AvgIpc) is 3.30. The van der Waals surface area contributed by atoms with Crippen molar-refractivity contribution in [2.45, 2.75) is 32.7 Å². The fraction of sp³-hybridized carbons (Fsp3) is 0.308. The molecule has 2 aromatic carbocycles. The summed E-state index contributed by atoms with van der Waals surface area (Å²) in [5.74, 6) is 0.736. The molecule has 0 spiro atoms. The molecular weight excluding hydrogens is 481 g/mol. The lowest BCUT2D eigenvalue weighted by Gasteiger charge is -2.35. The molecule has 1 aliphatic heterocycles. The summed E-state index contributed by atoms with van der Waals surface area (Å²) in [5, 5.41) is 10.4. The van der Waals surface area contributed by atoms with Crippen LogP contribution in [0.25, 0.3) is 5.69 Å². The fourth-order valence-corrected chi connectivity index (χ4v) is 4.65. The van der Waals surface area contributed by atoms with Crippen molar-refractivity contribution in [3.63, 3.8) is 0 Å². The third-order valence-electron chi connectivity index (χ3n) is 6.28. The lowest BCUT2D eigenvalue weighted by atomic mass is 9.88.